The van der Waals surface area contributed by atoms with Crippen LogP contribution in [0.5, 0.6) is 0 Å². The molecule has 2 N–H and O–H groups in total. The maximum absolute atomic E-state index is 8.81. The van der Waals surface area contributed by atoms with E-state index in [1.54, 1.807) is 17.9 Å². The molecule has 7 nitrogen and oxygen atoms in total. The van der Waals surface area contributed by atoms with Crippen LogP contribution in [0.2, 0.25) is 0 Å². The normalized spacial score (nSPS) is 2.53. The van der Waals surface area contributed by atoms with E-state index >= 15 is 0 Å². The van der Waals surface area contributed by atoms with Crippen LogP contribution >= 0.6 is 99.8 Å². The SMILES string of the molecule is C.C.C.C.C.C=O.C=S.CC.CC.CC.CC.CC.CC.CC.CC.CC.CC.CC.CC.CC.CC.CC=O.CC=S.CO.CS.CS.O=CO.O=CS.O=CS.S=CS.[Tb].[Tb].[Tb].[Tb].[Tb].[Tb].[Tb].[Tb].[Tb].[Tb].[Tb].[Tb].[Tb]. The zero-order valence-corrected chi connectivity index (χ0v) is 83.3. The number of carboxylic acid groups (broad SMARTS) is 1. The Balaban J connectivity index is -0.00000000327. The van der Waals surface area contributed by atoms with Gasteiger partial charge < -0.3 is 19.8 Å². The van der Waals surface area contributed by atoms with Crippen molar-refractivity contribution in [3.05, 3.63) is 0 Å². The van der Waals surface area contributed by atoms with Crippen LogP contribution in [-0.4, -0.2) is 76.6 Å². The smallest absolute Gasteiger partial charge is 0.290 e. The predicted molar refractivity (Wildman–Crippen MR) is 346 cm³/mol. The third-order valence-corrected chi connectivity index (χ3v) is 0. The summed E-state index contributed by atoms with van der Waals surface area (Å²) in [5.74, 6) is 2.83. The first-order valence-electron chi connectivity index (χ1n) is 19.5. The van der Waals surface area contributed by atoms with Gasteiger partial charge in [-0.2, -0.15) is 25.3 Å². The standard InChI is InChI=1S/C2H4O.C2H4S.14C2H6.CH2O2.2CH2OS.CH4O.CH2O.CH2S2.2CH4S.CH2S.5CH4.13Tb/c2*1-2-3;14*1-2;3*2-1-3;2*1-2;2-1-3;3*1-2;;;;;;;;;;;;;;;;;;/h2*2H,1H3;14*1-2H3;3*1H,(H,2,3);2H,1H3;1H2;1H,(H,2,3);2*2H,1H3;1H2;5*1H4;;;;;;;;;;;;;. The second-order valence-corrected chi connectivity index (χ2v) is 2.63. The fourth-order valence-corrected chi connectivity index (χ4v) is 0. The quantitative estimate of drug-likeness (QED) is 0.0716. The molecular formula is C46H136O7S8Tb13. The number of rotatable bonds is 0. The van der Waals surface area contributed by atoms with E-state index in [0.717, 1.165) is 13.4 Å². The van der Waals surface area contributed by atoms with Crippen molar-refractivity contribution in [2.75, 3.05) is 19.6 Å². The molecule has 0 saturated heterocycles. The molecule has 0 rings (SSSR count). The van der Waals surface area contributed by atoms with Crippen LogP contribution in [0.15, 0.2) is 0 Å². The molecule has 0 heterocycles. The summed E-state index contributed by atoms with van der Waals surface area (Å²) in [4.78, 5) is 42.5. The van der Waals surface area contributed by atoms with Gasteiger partial charge in [0.25, 0.3) is 6.47 Å². The molecule has 0 unspecified atom stereocenters. The summed E-state index contributed by atoms with van der Waals surface area (Å²) >= 11 is 29.0. The molecule has 28 heteroatoms. The molecule has 0 aliphatic rings. The van der Waals surface area contributed by atoms with Crippen LogP contribution in [0.25, 0.3) is 0 Å². The minimum Gasteiger partial charge on any atom is -0.483 e. The summed E-state index contributed by atoms with van der Waals surface area (Å²) in [6.07, 6.45) is 4.14. The average Bonchev–Trinajstić information content (AvgIpc) is 3.35. The van der Waals surface area contributed by atoms with Gasteiger partial charge in [0.05, 0.1) is 0 Å². The van der Waals surface area contributed by atoms with Crippen molar-refractivity contribution in [3.8, 4) is 0 Å². The Morgan fingerprint density at radius 3 is 0.324 bits per heavy atom. The van der Waals surface area contributed by atoms with Crippen LogP contribution < -0.4 is 0 Å². The maximum atomic E-state index is 8.81. The number of thiocarbonyl (C=S) groups is 3. The van der Waals surface area contributed by atoms with Crippen LogP contribution in [0.4, 0.5) is 0 Å². The number of aldehydes is 1. The Hall–Kier alpha value is 16.8. The number of hydrogen-bond donors (Lipinski definition) is 7. The van der Waals surface area contributed by atoms with Gasteiger partial charge in [-0.1, -0.05) is 268 Å². The first-order valence-corrected chi connectivity index (χ1v) is 24.4. The van der Waals surface area contributed by atoms with Crippen molar-refractivity contribution in [1.82, 2.24) is 0 Å². The molecule has 0 fully saturated rings. The van der Waals surface area contributed by atoms with E-state index in [2.05, 4.69) is 106 Å². The summed E-state index contributed by atoms with van der Waals surface area (Å²) < 4.78 is 1.28. The fraction of sp³-hybridized carbons (Fsp3) is 0.826. The number of aliphatic hydroxyl groups excluding tert-OH is 1. The van der Waals surface area contributed by atoms with Gasteiger partial charge in [-0.05, 0) is 37.6 Å². The zero-order chi connectivity index (χ0) is 54.2. The molecule has 0 aliphatic carbocycles. The van der Waals surface area contributed by atoms with E-state index in [9.17, 15) is 0 Å². The third-order valence-electron chi connectivity index (χ3n) is 0. The van der Waals surface area contributed by atoms with E-state index in [4.69, 9.17) is 34.2 Å². The predicted octanol–water partition coefficient (Wildman–Crippen LogP) is 20.7. The monoisotopic (exact) mass is 3120 g/mol. The topological polar surface area (TPSA) is 126 Å². The first kappa shape index (κ1) is 320. The Kier molecular flexibility index (Phi) is 5880. The van der Waals surface area contributed by atoms with E-state index in [0.29, 0.717) is 11.2 Å². The number of thiol groups is 5. The van der Waals surface area contributed by atoms with Gasteiger partial charge in [-0.15, -0.1) is 37.9 Å². The second kappa shape index (κ2) is 1360. The van der Waals surface area contributed by atoms with Gasteiger partial charge in [0.15, 0.2) is 11.2 Å². The first-order chi connectivity index (χ1) is 27.5. The summed E-state index contributed by atoms with van der Waals surface area (Å²) in [7, 11) is 1.00. The van der Waals surface area contributed by atoms with E-state index < -0.39 is 0 Å². The fourth-order valence-electron chi connectivity index (χ4n) is 0. The van der Waals surface area contributed by atoms with Gasteiger partial charge in [0.1, 0.15) is 13.1 Å². The van der Waals surface area contributed by atoms with Gasteiger partial charge in [-0.3, -0.25) is 14.4 Å². The molecule has 74 heavy (non-hydrogen) atoms. The van der Waals surface area contributed by atoms with Crippen LogP contribution in [0.3, 0.4) is 0 Å². The van der Waals surface area contributed by atoms with Gasteiger partial charge in [0, 0.05) is 514 Å². The Labute approximate surface area is 922 Å². The molecule has 13 radical (unpaired) electrons. The minimum atomic E-state index is -0.250. The molecule has 0 aromatic heterocycles. The van der Waals surface area contributed by atoms with Crippen molar-refractivity contribution in [3.63, 3.8) is 0 Å². The summed E-state index contributed by atoms with van der Waals surface area (Å²) in [6, 6.07) is 0. The molecular weight excluding hydrogens is 2990 g/mol. The van der Waals surface area contributed by atoms with Crippen molar-refractivity contribution in [1.29, 1.82) is 0 Å². The molecule has 0 bridgehead atoms. The minimum absolute atomic E-state index is 0. The van der Waals surface area contributed by atoms with E-state index in [1.165, 1.54) is 11.6 Å². The number of carbonyl (C=O) groups is 5. The van der Waals surface area contributed by atoms with E-state index in [1.807, 2.05) is 208 Å². The Morgan fingerprint density at radius 2 is 0.324 bits per heavy atom. The van der Waals surface area contributed by atoms with Crippen LogP contribution in [0.1, 0.15) is 245 Å². The largest absolute Gasteiger partial charge is 0.483 e. The summed E-state index contributed by atoms with van der Waals surface area (Å²) in [5, 5.41) is 15.5. The van der Waals surface area contributed by atoms with Crippen LogP contribution in [0, 0.1) is 502 Å². The van der Waals surface area contributed by atoms with Crippen molar-refractivity contribution in [2.24, 2.45) is 0 Å². The number of carbonyl (C=O) groups excluding carboxylic acids is 4. The second-order valence-electron chi connectivity index (χ2n) is 0.893. The molecule has 0 atom stereocenters. The maximum Gasteiger partial charge on any atom is 0.290 e. The number of aliphatic hydroxyl groups is 1. The molecule has 527 valence electrons. The number of hydrogen-bond acceptors (Lipinski definition) is 11. The van der Waals surface area contributed by atoms with Crippen molar-refractivity contribution >= 4 is 147 Å². The molecule has 0 aromatic carbocycles. The Morgan fingerprint density at radius 1 is 0.324 bits per heavy atom. The molecule has 0 aliphatic heterocycles. The van der Waals surface area contributed by atoms with Crippen molar-refractivity contribution in [2.45, 2.75) is 245 Å². The summed E-state index contributed by atoms with van der Waals surface area (Å²) in [6.45, 7) is 61.0. The molecule has 0 amide bonds. The van der Waals surface area contributed by atoms with Crippen molar-refractivity contribution < 1.29 is 536 Å². The van der Waals surface area contributed by atoms with Gasteiger partial charge >= 0.3 is 0 Å². The third kappa shape index (κ3) is 2420. The average molecular weight is 3120 g/mol. The Bertz CT molecular complexity index is 226. The zero-order valence-electron chi connectivity index (χ0n) is 48.6. The molecule has 0 saturated carbocycles. The van der Waals surface area contributed by atoms with Gasteiger partial charge in [0.2, 0.25) is 0 Å². The van der Waals surface area contributed by atoms with Crippen LogP contribution in [-0.2, 0) is 24.0 Å². The summed E-state index contributed by atoms with van der Waals surface area (Å²) in [5.41, 5.74) is 0.889. The molecule has 0 spiro atoms. The van der Waals surface area contributed by atoms with Gasteiger partial charge in [-0.25, -0.2) is 0 Å². The van der Waals surface area contributed by atoms with E-state index in [-0.39, 0.29) is 546 Å². The molecule has 0 aromatic rings.